The van der Waals surface area contributed by atoms with E-state index in [0.29, 0.717) is 23.8 Å². The van der Waals surface area contributed by atoms with Crippen molar-refractivity contribution in [2.24, 2.45) is 5.92 Å². The van der Waals surface area contributed by atoms with Gasteiger partial charge in [-0.3, -0.25) is 0 Å². The Labute approximate surface area is 189 Å². The number of nitrogens with one attached hydrogen (secondary N) is 2. The van der Waals surface area contributed by atoms with Crippen LogP contribution in [0.4, 0.5) is 4.79 Å². The third-order valence-corrected chi connectivity index (χ3v) is 6.31. The Balaban J connectivity index is 1.79. The monoisotopic (exact) mass is 452 g/mol. The predicted molar refractivity (Wildman–Crippen MR) is 126 cm³/mol. The maximum atomic E-state index is 12.6. The van der Waals surface area contributed by atoms with E-state index in [-0.39, 0.29) is 11.4 Å². The first kappa shape index (κ1) is 23.5. The SMILES string of the molecule is CC(C)CCNC(=O)Oc1ccccc1-c1ccccc1CNS(=O)(=O)c1ccccc1. The summed E-state index contributed by atoms with van der Waals surface area (Å²) in [5.41, 5.74) is 2.26. The van der Waals surface area contributed by atoms with Gasteiger partial charge in [-0.05, 0) is 41.7 Å². The van der Waals surface area contributed by atoms with Crippen molar-refractivity contribution in [1.82, 2.24) is 10.0 Å². The van der Waals surface area contributed by atoms with E-state index in [4.69, 9.17) is 4.74 Å². The molecule has 0 radical (unpaired) electrons. The number of carbonyl (C=O) groups is 1. The molecule has 0 saturated carbocycles. The Bertz CT molecular complexity index is 1150. The normalized spacial score (nSPS) is 11.3. The molecule has 7 heteroatoms. The molecule has 168 valence electrons. The van der Waals surface area contributed by atoms with Crippen molar-refractivity contribution in [3.8, 4) is 16.9 Å². The molecule has 0 aromatic heterocycles. The quantitative estimate of drug-likeness (QED) is 0.480. The van der Waals surface area contributed by atoms with Crippen molar-refractivity contribution >= 4 is 16.1 Å². The van der Waals surface area contributed by atoms with Gasteiger partial charge in [0.05, 0.1) is 4.90 Å². The Morgan fingerprint density at radius 2 is 1.50 bits per heavy atom. The molecule has 0 aliphatic carbocycles. The average Bonchev–Trinajstić information content (AvgIpc) is 2.79. The second-order valence-corrected chi connectivity index (χ2v) is 9.56. The molecule has 3 rings (SSSR count). The van der Waals surface area contributed by atoms with Gasteiger partial charge in [0.2, 0.25) is 10.0 Å². The molecule has 0 aliphatic heterocycles. The topological polar surface area (TPSA) is 84.5 Å². The Morgan fingerprint density at radius 1 is 0.875 bits per heavy atom. The van der Waals surface area contributed by atoms with Gasteiger partial charge in [-0.25, -0.2) is 17.9 Å². The fraction of sp³-hybridized carbons (Fsp3) is 0.240. The second-order valence-electron chi connectivity index (χ2n) is 7.79. The number of sulfonamides is 1. The Morgan fingerprint density at radius 3 is 2.22 bits per heavy atom. The minimum atomic E-state index is -3.65. The van der Waals surface area contributed by atoms with Crippen LogP contribution in [0.1, 0.15) is 25.8 Å². The molecule has 3 aromatic carbocycles. The van der Waals surface area contributed by atoms with E-state index in [1.165, 1.54) is 0 Å². The summed E-state index contributed by atoms with van der Waals surface area (Å²) in [7, 11) is -3.65. The highest BCUT2D eigenvalue weighted by atomic mass is 32.2. The summed E-state index contributed by atoms with van der Waals surface area (Å²) < 4.78 is 33.5. The number of hydrogen-bond acceptors (Lipinski definition) is 4. The molecule has 32 heavy (non-hydrogen) atoms. The van der Waals surface area contributed by atoms with Crippen LogP contribution in [-0.4, -0.2) is 21.1 Å². The van der Waals surface area contributed by atoms with Crippen molar-refractivity contribution in [1.29, 1.82) is 0 Å². The zero-order chi connectivity index (χ0) is 23.0. The fourth-order valence-corrected chi connectivity index (χ4v) is 4.20. The summed E-state index contributed by atoms with van der Waals surface area (Å²) >= 11 is 0. The molecule has 0 bridgehead atoms. The smallest absolute Gasteiger partial charge is 0.410 e. The average molecular weight is 453 g/mol. The Kier molecular flexibility index (Phi) is 8.03. The summed E-state index contributed by atoms with van der Waals surface area (Å²) in [5, 5.41) is 2.77. The lowest BCUT2D eigenvalue weighted by atomic mass is 9.99. The summed E-state index contributed by atoms with van der Waals surface area (Å²) in [6.45, 7) is 4.81. The molecule has 0 heterocycles. The Hall–Kier alpha value is -3.16. The highest BCUT2D eigenvalue weighted by molar-refractivity contribution is 7.89. The molecule has 0 fully saturated rings. The van der Waals surface area contributed by atoms with Gasteiger partial charge in [-0.15, -0.1) is 0 Å². The van der Waals surface area contributed by atoms with Crippen molar-refractivity contribution in [3.05, 3.63) is 84.4 Å². The predicted octanol–water partition coefficient (Wildman–Crippen LogP) is 4.97. The van der Waals surface area contributed by atoms with Gasteiger partial charge >= 0.3 is 6.09 Å². The molecule has 0 spiro atoms. The van der Waals surface area contributed by atoms with Crippen LogP contribution in [0.15, 0.2) is 83.8 Å². The molecule has 0 atom stereocenters. The molecule has 6 nitrogen and oxygen atoms in total. The summed E-state index contributed by atoms with van der Waals surface area (Å²) in [4.78, 5) is 12.5. The van der Waals surface area contributed by atoms with E-state index in [9.17, 15) is 13.2 Å². The van der Waals surface area contributed by atoms with Gasteiger partial charge in [0.25, 0.3) is 0 Å². The van der Waals surface area contributed by atoms with Crippen LogP contribution in [0.3, 0.4) is 0 Å². The number of benzene rings is 3. The largest absolute Gasteiger partial charge is 0.412 e. The molecule has 0 unspecified atom stereocenters. The minimum Gasteiger partial charge on any atom is -0.410 e. The highest BCUT2D eigenvalue weighted by Crippen LogP contribution is 2.32. The third-order valence-electron chi connectivity index (χ3n) is 4.89. The lowest BCUT2D eigenvalue weighted by molar-refractivity contribution is 0.200. The van der Waals surface area contributed by atoms with E-state index < -0.39 is 16.1 Å². The first-order valence-corrected chi connectivity index (χ1v) is 12.0. The lowest BCUT2D eigenvalue weighted by Gasteiger charge is -2.15. The first-order chi connectivity index (χ1) is 15.4. The van der Waals surface area contributed by atoms with Crippen LogP contribution in [0.5, 0.6) is 5.75 Å². The zero-order valence-corrected chi connectivity index (χ0v) is 19.1. The van der Waals surface area contributed by atoms with Gasteiger partial charge in [0.1, 0.15) is 5.75 Å². The highest BCUT2D eigenvalue weighted by Gasteiger charge is 2.16. The van der Waals surface area contributed by atoms with Crippen LogP contribution in [0.25, 0.3) is 11.1 Å². The van der Waals surface area contributed by atoms with Crippen LogP contribution in [-0.2, 0) is 16.6 Å². The number of para-hydroxylation sites is 1. The maximum Gasteiger partial charge on any atom is 0.412 e. The van der Waals surface area contributed by atoms with Gasteiger partial charge in [-0.2, -0.15) is 0 Å². The summed E-state index contributed by atoms with van der Waals surface area (Å²) in [6.07, 6.45) is 0.349. The van der Waals surface area contributed by atoms with Crippen LogP contribution in [0, 0.1) is 5.92 Å². The molecule has 1 amide bonds. The van der Waals surface area contributed by atoms with E-state index >= 15 is 0 Å². The molecular formula is C25H28N2O4S. The molecule has 2 N–H and O–H groups in total. The standard InChI is InChI=1S/C25H28N2O4S/c1-19(2)16-17-26-25(28)31-24-15-9-8-14-23(24)22-13-7-6-10-20(22)18-27-32(29,30)21-11-4-3-5-12-21/h3-15,19,27H,16-18H2,1-2H3,(H,26,28). The van der Waals surface area contributed by atoms with Crippen molar-refractivity contribution in [2.75, 3.05) is 6.54 Å². The third kappa shape index (κ3) is 6.42. The molecule has 0 saturated heterocycles. The van der Waals surface area contributed by atoms with Crippen molar-refractivity contribution in [2.45, 2.75) is 31.7 Å². The van der Waals surface area contributed by atoms with E-state index in [2.05, 4.69) is 23.9 Å². The van der Waals surface area contributed by atoms with Crippen LogP contribution >= 0.6 is 0 Å². The van der Waals surface area contributed by atoms with E-state index in [1.54, 1.807) is 42.5 Å². The van der Waals surface area contributed by atoms with Crippen molar-refractivity contribution < 1.29 is 17.9 Å². The maximum absolute atomic E-state index is 12.6. The molecule has 0 aliphatic rings. The number of amides is 1. The lowest BCUT2D eigenvalue weighted by Crippen LogP contribution is -2.28. The summed E-state index contributed by atoms with van der Waals surface area (Å²) in [6, 6.07) is 22.9. The van der Waals surface area contributed by atoms with Gasteiger partial charge in [0, 0.05) is 18.7 Å². The zero-order valence-electron chi connectivity index (χ0n) is 18.2. The van der Waals surface area contributed by atoms with Crippen molar-refractivity contribution in [3.63, 3.8) is 0 Å². The molecular weight excluding hydrogens is 424 g/mol. The van der Waals surface area contributed by atoms with Gasteiger partial charge in [-0.1, -0.05) is 74.5 Å². The second kappa shape index (κ2) is 10.9. The first-order valence-electron chi connectivity index (χ1n) is 10.5. The molecule has 3 aromatic rings. The minimum absolute atomic E-state index is 0.0995. The number of hydrogen-bond donors (Lipinski definition) is 2. The number of carbonyl (C=O) groups excluding carboxylic acids is 1. The number of ether oxygens (including phenoxy) is 1. The van der Waals surface area contributed by atoms with E-state index in [1.807, 2.05) is 36.4 Å². The van der Waals surface area contributed by atoms with E-state index in [0.717, 1.165) is 17.5 Å². The number of rotatable bonds is 9. The summed E-state index contributed by atoms with van der Waals surface area (Å²) in [5.74, 6) is 0.891. The van der Waals surface area contributed by atoms with Gasteiger partial charge in [0.15, 0.2) is 0 Å². The van der Waals surface area contributed by atoms with Crippen LogP contribution in [0.2, 0.25) is 0 Å². The van der Waals surface area contributed by atoms with Gasteiger partial charge < -0.3 is 10.1 Å². The fourth-order valence-electron chi connectivity index (χ4n) is 3.17. The van der Waals surface area contributed by atoms with Crippen LogP contribution < -0.4 is 14.8 Å².